The molecule has 0 aliphatic heterocycles. The monoisotopic (exact) mass is 517 g/mol. The van der Waals surface area contributed by atoms with E-state index in [0.717, 1.165) is 17.7 Å². The fraction of sp³-hybridized carbons (Fsp3) is 0.350. The number of rotatable bonds is 8. The summed E-state index contributed by atoms with van der Waals surface area (Å²) < 4.78 is 30.0. The number of aliphatic imine (C=N–C) groups is 1. The lowest BCUT2D eigenvalue weighted by Crippen LogP contribution is -2.40. The predicted octanol–water partition coefficient (Wildman–Crippen LogP) is 2.80. The van der Waals surface area contributed by atoms with Crippen molar-refractivity contribution in [2.24, 2.45) is 4.99 Å². The summed E-state index contributed by atoms with van der Waals surface area (Å²) in [7, 11) is 0.0197. The van der Waals surface area contributed by atoms with E-state index in [9.17, 15) is 8.42 Å². The van der Waals surface area contributed by atoms with Gasteiger partial charge in [0.15, 0.2) is 15.8 Å². The molecule has 0 aromatic heterocycles. The summed E-state index contributed by atoms with van der Waals surface area (Å²) in [5.41, 5.74) is 2.30. The summed E-state index contributed by atoms with van der Waals surface area (Å²) in [6.45, 7) is 2.99. The molecular weight excluding hydrogens is 489 g/mol. The van der Waals surface area contributed by atoms with Gasteiger partial charge in [-0.2, -0.15) is 0 Å². The molecule has 0 amide bonds. The Morgan fingerprint density at radius 3 is 2.39 bits per heavy atom. The van der Waals surface area contributed by atoms with Gasteiger partial charge in [0.25, 0.3) is 0 Å². The average molecular weight is 517 g/mol. The van der Waals surface area contributed by atoms with Crippen molar-refractivity contribution in [1.29, 1.82) is 0 Å². The van der Waals surface area contributed by atoms with E-state index >= 15 is 0 Å². The molecule has 2 rings (SSSR count). The molecule has 28 heavy (non-hydrogen) atoms. The maximum Gasteiger partial charge on any atom is 0.191 e. The number of nitrogens with one attached hydrogen (secondary N) is 2. The first-order valence-corrected chi connectivity index (χ1v) is 10.5. The number of sulfone groups is 1. The van der Waals surface area contributed by atoms with Gasteiger partial charge in [-0.25, -0.2) is 8.42 Å². The number of halogens is 1. The van der Waals surface area contributed by atoms with Crippen molar-refractivity contribution in [3.05, 3.63) is 59.7 Å². The maximum absolute atomic E-state index is 12.3. The van der Waals surface area contributed by atoms with Crippen LogP contribution in [0.25, 0.3) is 0 Å². The van der Waals surface area contributed by atoms with Crippen LogP contribution in [0.15, 0.2) is 58.4 Å². The van der Waals surface area contributed by atoms with Crippen LogP contribution in [0, 0.1) is 6.92 Å². The zero-order valence-electron chi connectivity index (χ0n) is 16.4. The first-order chi connectivity index (χ1) is 13.0. The zero-order chi connectivity index (χ0) is 19.7. The van der Waals surface area contributed by atoms with Crippen LogP contribution >= 0.6 is 24.0 Å². The molecule has 0 bridgehead atoms. The highest BCUT2D eigenvalue weighted by atomic mass is 127. The molecule has 0 spiro atoms. The molecule has 2 aromatic carbocycles. The molecular formula is C20H28IN3O3S. The summed E-state index contributed by atoms with van der Waals surface area (Å²) in [5.74, 6) is 1.44. The molecule has 0 saturated carbocycles. The van der Waals surface area contributed by atoms with E-state index in [1.54, 1.807) is 44.5 Å². The van der Waals surface area contributed by atoms with Crippen LogP contribution in [0.5, 0.6) is 5.75 Å². The minimum Gasteiger partial charge on any atom is -0.496 e. The molecule has 0 radical (unpaired) electrons. The average Bonchev–Trinajstić information content (AvgIpc) is 2.67. The fourth-order valence-corrected chi connectivity index (χ4v) is 3.87. The van der Waals surface area contributed by atoms with Gasteiger partial charge in [0, 0.05) is 20.1 Å². The Bertz CT molecular complexity index is 872. The number of methoxy groups -OCH3 is 1. The second-order valence-electron chi connectivity index (χ2n) is 6.12. The van der Waals surface area contributed by atoms with Crippen molar-refractivity contribution in [2.45, 2.75) is 18.2 Å². The molecule has 0 atom stereocenters. The molecule has 0 unspecified atom stereocenters. The summed E-state index contributed by atoms with van der Waals surface area (Å²) in [4.78, 5) is 4.47. The van der Waals surface area contributed by atoms with Gasteiger partial charge in [0.2, 0.25) is 0 Å². The maximum atomic E-state index is 12.3. The molecule has 8 heteroatoms. The smallest absolute Gasteiger partial charge is 0.191 e. The minimum atomic E-state index is -3.30. The largest absolute Gasteiger partial charge is 0.496 e. The van der Waals surface area contributed by atoms with Crippen molar-refractivity contribution >= 4 is 39.8 Å². The molecule has 0 heterocycles. The molecule has 2 N–H and O–H groups in total. The Kier molecular flexibility index (Phi) is 10.3. The van der Waals surface area contributed by atoms with E-state index in [0.29, 0.717) is 17.4 Å². The molecule has 2 aromatic rings. The zero-order valence-corrected chi connectivity index (χ0v) is 19.6. The standard InChI is InChI=1S/C20H27N3O3S.HI/c1-16-9-10-19(26-3)17(15-16)11-12-22-20(21-2)23-13-14-27(24,25)18-7-5-4-6-8-18;/h4-10,15H,11-14H2,1-3H3,(H2,21,22,23);1H. The van der Waals surface area contributed by atoms with Gasteiger partial charge in [0.1, 0.15) is 5.75 Å². The molecule has 0 fully saturated rings. The van der Waals surface area contributed by atoms with Gasteiger partial charge in [-0.1, -0.05) is 35.9 Å². The van der Waals surface area contributed by atoms with Crippen molar-refractivity contribution in [1.82, 2.24) is 10.6 Å². The number of guanidine groups is 1. The minimum absolute atomic E-state index is 0. The summed E-state index contributed by atoms with van der Waals surface area (Å²) >= 11 is 0. The van der Waals surface area contributed by atoms with Gasteiger partial charge >= 0.3 is 0 Å². The Morgan fingerprint density at radius 2 is 1.75 bits per heavy atom. The number of nitrogens with zero attached hydrogens (tertiary/aromatic N) is 1. The van der Waals surface area contributed by atoms with Crippen molar-refractivity contribution < 1.29 is 13.2 Å². The molecule has 0 aliphatic carbocycles. The van der Waals surface area contributed by atoms with Gasteiger partial charge < -0.3 is 15.4 Å². The Hall–Kier alpha value is -1.81. The van der Waals surface area contributed by atoms with E-state index in [4.69, 9.17) is 4.74 Å². The van der Waals surface area contributed by atoms with Crippen LogP contribution in [-0.2, 0) is 16.3 Å². The van der Waals surface area contributed by atoms with Gasteiger partial charge in [-0.05, 0) is 37.1 Å². The van der Waals surface area contributed by atoms with Gasteiger partial charge in [-0.15, -0.1) is 24.0 Å². The first-order valence-electron chi connectivity index (χ1n) is 8.82. The van der Waals surface area contributed by atoms with Crippen molar-refractivity contribution in [2.75, 3.05) is 33.0 Å². The molecule has 154 valence electrons. The number of ether oxygens (including phenoxy) is 1. The second-order valence-corrected chi connectivity index (χ2v) is 8.23. The normalized spacial score (nSPS) is 11.5. The Labute approximate surface area is 184 Å². The summed E-state index contributed by atoms with van der Waals surface area (Å²) in [6, 6.07) is 14.5. The van der Waals surface area contributed by atoms with Crippen LogP contribution in [-0.4, -0.2) is 47.4 Å². The summed E-state index contributed by atoms with van der Waals surface area (Å²) in [5, 5.41) is 6.25. The van der Waals surface area contributed by atoms with Crippen LogP contribution < -0.4 is 15.4 Å². The van der Waals surface area contributed by atoms with Crippen LogP contribution in [0.4, 0.5) is 0 Å². The number of hydrogen-bond acceptors (Lipinski definition) is 4. The second kappa shape index (κ2) is 11.9. The van der Waals surface area contributed by atoms with E-state index in [2.05, 4.69) is 21.7 Å². The molecule has 0 saturated heterocycles. The topological polar surface area (TPSA) is 79.8 Å². The summed E-state index contributed by atoms with van der Waals surface area (Å²) in [6.07, 6.45) is 0.772. The van der Waals surface area contributed by atoms with Crippen LogP contribution in [0.1, 0.15) is 11.1 Å². The van der Waals surface area contributed by atoms with E-state index in [-0.39, 0.29) is 36.3 Å². The predicted molar refractivity (Wildman–Crippen MR) is 125 cm³/mol. The van der Waals surface area contributed by atoms with Gasteiger partial charge in [0.05, 0.1) is 17.8 Å². The lowest BCUT2D eigenvalue weighted by Gasteiger charge is -2.13. The van der Waals surface area contributed by atoms with E-state index in [1.165, 1.54) is 5.56 Å². The number of aryl methyl sites for hydroxylation is 1. The van der Waals surface area contributed by atoms with Crippen LogP contribution in [0.2, 0.25) is 0 Å². The van der Waals surface area contributed by atoms with Crippen molar-refractivity contribution in [3.8, 4) is 5.75 Å². The Balaban J connectivity index is 0.00000392. The lowest BCUT2D eigenvalue weighted by atomic mass is 10.1. The third-order valence-corrected chi connectivity index (χ3v) is 5.84. The first kappa shape index (κ1) is 24.2. The number of benzene rings is 2. The highest BCUT2D eigenvalue weighted by Gasteiger charge is 2.13. The molecule has 6 nitrogen and oxygen atoms in total. The third kappa shape index (κ3) is 7.31. The highest BCUT2D eigenvalue weighted by Crippen LogP contribution is 2.19. The third-order valence-electron chi connectivity index (χ3n) is 4.11. The number of hydrogen-bond donors (Lipinski definition) is 2. The quantitative estimate of drug-likeness (QED) is 0.320. The molecule has 0 aliphatic rings. The van der Waals surface area contributed by atoms with Gasteiger partial charge in [-0.3, -0.25) is 4.99 Å². The van der Waals surface area contributed by atoms with E-state index in [1.807, 2.05) is 19.1 Å². The SMILES string of the molecule is CN=C(NCCc1cc(C)ccc1OC)NCCS(=O)(=O)c1ccccc1.I. The highest BCUT2D eigenvalue weighted by molar-refractivity contribution is 14.0. The van der Waals surface area contributed by atoms with Crippen LogP contribution in [0.3, 0.4) is 0 Å². The lowest BCUT2D eigenvalue weighted by molar-refractivity contribution is 0.409. The van der Waals surface area contributed by atoms with Crippen molar-refractivity contribution in [3.63, 3.8) is 0 Å². The fourth-order valence-electron chi connectivity index (χ4n) is 2.69. The Morgan fingerprint density at radius 1 is 1.07 bits per heavy atom. The van der Waals surface area contributed by atoms with E-state index < -0.39 is 9.84 Å².